The largest absolute Gasteiger partial charge is 0.448 e. The van der Waals surface area contributed by atoms with Crippen LogP contribution in [0.2, 0.25) is 0 Å². The first-order chi connectivity index (χ1) is 10.3. The molecule has 0 radical (unpaired) electrons. The molecule has 1 heterocycles. The Labute approximate surface area is 125 Å². The molecule has 21 heavy (non-hydrogen) atoms. The molecule has 3 aromatic rings. The highest BCUT2D eigenvalue weighted by atomic mass is 16.3. The van der Waals surface area contributed by atoms with E-state index in [9.17, 15) is 0 Å². The quantitative estimate of drug-likeness (QED) is 0.680. The molecule has 0 N–H and O–H groups in total. The fraction of sp³-hybridized carbons (Fsp3) is 0.211. The first-order valence-electron chi connectivity index (χ1n) is 7.33. The lowest BCUT2D eigenvalue weighted by atomic mass is 9.95. The molecule has 0 amide bonds. The van der Waals surface area contributed by atoms with E-state index in [1.54, 1.807) is 6.39 Å². The number of rotatable bonds is 5. The first-order valence-corrected chi connectivity index (χ1v) is 7.33. The normalized spacial score (nSPS) is 12.2. The molecule has 0 spiro atoms. The maximum Gasteiger partial charge on any atom is 0.181 e. The number of hydrogen-bond acceptors (Lipinski definition) is 2. The molecule has 1 unspecified atom stereocenters. The molecule has 0 fully saturated rings. The van der Waals surface area contributed by atoms with E-state index in [1.807, 2.05) is 12.1 Å². The van der Waals surface area contributed by atoms with Crippen molar-refractivity contribution in [2.75, 3.05) is 0 Å². The number of aromatic nitrogens is 1. The number of oxazole rings is 1. The molecule has 1 aromatic heterocycles. The van der Waals surface area contributed by atoms with Crippen LogP contribution in [0.25, 0.3) is 0 Å². The number of hydrogen-bond donors (Lipinski definition) is 0. The lowest BCUT2D eigenvalue weighted by Gasteiger charge is -2.10. The molecule has 2 aromatic carbocycles. The zero-order chi connectivity index (χ0) is 14.5. The van der Waals surface area contributed by atoms with Crippen LogP contribution in [0.1, 0.15) is 35.4 Å². The SMILES string of the molecule is CC(Cc1ocnc1Cc1ccccc1)c1ccccc1. The summed E-state index contributed by atoms with van der Waals surface area (Å²) in [6, 6.07) is 20.9. The van der Waals surface area contributed by atoms with Crippen molar-refractivity contribution in [3.05, 3.63) is 89.6 Å². The van der Waals surface area contributed by atoms with Gasteiger partial charge in [-0.15, -0.1) is 0 Å². The highest BCUT2D eigenvalue weighted by Crippen LogP contribution is 2.23. The summed E-state index contributed by atoms with van der Waals surface area (Å²) in [5.41, 5.74) is 3.64. The minimum absolute atomic E-state index is 0.425. The Morgan fingerprint density at radius 1 is 0.952 bits per heavy atom. The molecule has 0 saturated carbocycles. The van der Waals surface area contributed by atoms with Crippen molar-refractivity contribution < 1.29 is 4.42 Å². The number of benzene rings is 2. The summed E-state index contributed by atoms with van der Waals surface area (Å²) in [5.74, 6) is 1.42. The molecule has 106 valence electrons. The van der Waals surface area contributed by atoms with Crippen LogP contribution in [0.3, 0.4) is 0 Å². The van der Waals surface area contributed by atoms with Crippen LogP contribution >= 0.6 is 0 Å². The van der Waals surface area contributed by atoms with E-state index in [4.69, 9.17) is 4.42 Å². The molecule has 0 bridgehead atoms. The van der Waals surface area contributed by atoms with Gasteiger partial charge in [0, 0.05) is 12.8 Å². The smallest absolute Gasteiger partial charge is 0.181 e. The molecule has 0 saturated heterocycles. The van der Waals surface area contributed by atoms with Crippen molar-refractivity contribution in [1.29, 1.82) is 0 Å². The highest BCUT2D eigenvalue weighted by Gasteiger charge is 2.14. The second-order valence-corrected chi connectivity index (χ2v) is 5.40. The molecule has 2 heteroatoms. The van der Waals surface area contributed by atoms with Gasteiger partial charge in [0.2, 0.25) is 0 Å². The van der Waals surface area contributed by atoms with Crippen LogP contribution in [0.15, 0.2) is 71.5 Å². The monoisotopic (exact) mass is 277 g/mol. The predicted octanol–water partition coefficient (Wildman–Crippen LogP) is 4.61. The van der Waals surface area contributed by atoms with Crippen LogP contribution < -0.4 is 0 Å². The molecule has 0 aliphatic carbocycles. The Morgan fingerprint density at radius 3 is 2.33 bits per heavy atom. The minimum atomic E-state index is 0.425. The molecule has 0 aliphatic rings. The second-order valence-electron chi connectivity index (χ2n) is 5.40. The van der Waals surface area contributed by atoms with E-state index in [0.717, 1.165) is 24.3 Å². The zero-order valence-electron chi connectivity index (χ0n) is 12.2. The Hall–Kier alpha value is -2.35. The topological polar surface area (TPSA) is 26.0 Å². The Kier molecular flexibility index (Phi) is 4.15. The summed E-state index contributed by atoms with van der Waals surface area (Å²) >= 11 is 0. The van der Waals surface area contributed by atoms with Crippen LogP contribution in [0, 0.1) is 0 Å². The molecule has 1 atom stereocenters. The maximum absolute atomic E-state index is 5.62. The van der Waals surface area contributed by atoms with Crippen LogP contribution in [-0.4, -0.2) is 4.98 Å². The third-order valence-corrected chi connectivity index (χ3v) is 3.80. The Bertz CT molecular complexity index is 673. The average molecular weight is 277 g/mol. The summed E-state index contributed by atoms with van der Waals surface area (Å²) in [4.78, 5) is 4.39. The lowest BCUT2D eigenvalue weighted by Crippen LogP contribution is -2.01. The van der Waals surface area contributed by atoms with E-state index in [2.05, 4.69) is 60.4 Å². The third kappa shape index (κ3) is 3.40. The lowest BCUT2D eigenvalue weighted by molar-refractivity contribution is 0.485. The van der Waals surface area contributed by atoms with Crippen molar-refractivity contribution >= 4 is 0 Å². The summed E-state index contributed by atoms with van der Waals surface area (Å²) in [7, 11) is 0. The van der Waals surface area contributed by atoms with Gasteiger partial charge in [0.15, 0.2) is 6.39 Å². The van der Waals surface area contributed by atoms with E-state index in [1.165, 1.54) is 11.1 Å². The zero-order valence-corrected chi connectivity index (χ0v) is 12.2. The van der Waals surface area contributed by atoms with Gasteiger partial charge in [0.25, 0.3) is 0 Å². The van der Waals surface area contributed by atoms with Gasteiger partial charge in [-0.3, -0.25) is 0 Å². The first kappa shape index (κ1) is 13.6. The van der Waals surface area contributed by atoms with Gasteiger partial charge < -0.3 is 4.42 Å². The molecular formula is C19H19NO. The molecule has 0 aliphatic heterocycles. The minimum Gasteiger partial charge on any atom is -0.448 e. The van der Waals surface area contributed by atoms with Crippen molar-refractivity contribution in [2.24, 2.45) is 0 Å². The highest BCUT2D eigenvalue weighted by molar-refractivity contribution is 5.25. The van der Waals surface area contributed by atoms with E-state index >= 15 is 0 Å². The van der Waals surface area contributed by atoms with Gasteiger partial charge in [-0.25, -0.2) is 4.98 Å². The number of nitrogens with zero attached hydrogens (tertiary/aromatic N) is 1. The van der Waals surface area contributed by atoms with Gasteiger partial charge in [0.05, 0.1) is 5.69 Å². The maximum atomic E-state index is 5.62. The fourth-order valence-electron chi connectivity index (χ4n) is 2.57. The Morgan fingerprint density at radius 2 is 1.62 bits per heavy atom. The second kappa shape index (κ2) is 6.40. The average Bonchev–Trinajstić information content (AvgIpc) is 2.96. The van der Waals surface area contributed by atoms with E-state index in [0.29, 0.717) is 5.92 Å². The van der Waals surface area contributed by atoms with Crippen molar-refractivity contribution in [3.63, 3.8) is 0 Å². The summed E-state index contributed by atoms with van der Waals surface area (Å²) in [6.45, 7) is 2.23. The van der Waals surface area contributed by atoms with Crippen LogP contribution in [0.5, 0.6) is 0 Å². The molecular weight excluding hydrogens is 258 g/mol. The van der Waals surface area contributed by atoms with E-state index in [-0.39, 0.29) is 0 Å². The van der Waals surface area contributed by atoms with Gasteiger partial charge in [-0.1, -0.05) is 67.6 Å². The predicted molar refractivity (Wildman–Crippen MR) is 84.3 cm³/mol. The third-order valence-electron chi connectivity index (χ3n) is 3.80. The van der Waals surface area contributed by atoms with E-state index < -0.39 is 0 Å². The van der Waals surface area contributed by atoms with Gasteiger partial charge >= 0.3 is 0 Å². The Balaban J connectivity index is 1.74. The van der Waals surface area contributed by atoms with Crippen LogP contribution in [0.4, 0.5) is 0 Å². The fourth-order valence-corrected chi connectivity index (χ4v) is 2.57. The van der Waals surface area contributed by atoms with Gasteiger partial charge in [0.1, 0.15) is 5.76 Å². The van der Waals surface area contributed by atoms with Crippen molar-refractivity contribution in [3.8, 4) is 0 Å². The summed E-state index contributed by atoms with van der Waals surface area (Å²) in [5, 5.41) is 0. The molecule has 2 nitrogen and oxygen atoms in total. The standard InChI is InChI=1S/C19H19NO/c1-15(17-10-6-3-7-11-17)12-19-18(20-14-21-19)13-16-8-4-2-5-9-16/h2-11,14-15H,12-13H2,1H3. The summed E-state index contributed by atoms with van der Waals surface area (Å²) in [6.07, 6.45) is 3.27. The van der Waals surface area contributed by atoms with Gasteiger partial charge in [-0.05, 0) is 17.0 Å². The van der Waals surface area contributed by atoms with Crippen molar-refractivity contribution in [2.45, 2.75) is 25.7 Å². The van der Waals surface area contributed by atoms with Crippen LogP contribution in [-0.2, 0) is 12.8 Å². The molecule has 3 rings (SSSR count). The summed E-state index contributed by atoms with van der Waals surface area (Å²) < 4.78 is 5.62. The van der Waals surface area contributed by atoms with Gasteiger partial charge in [-0.2, -0.15) is 0 Å². The van der Waals surface area contributed by atoms with Crippen molar-refractivity contribution in [1.82, 2.24) is 4.98 Å².